The second-order valence-electron chi connectivity index (χ2n) is 3.68. The fraction of sp³-hybridized carbons (Fsp3) is 0.231. The molecule has 1 aliphatic rings. The Labute approximate surface area is 99.2 Å². The van der Waals surface area contributed by atoms with Crippen molar-refractivity contribution in [3.63, 3.8) is 0 Å². The van der Waals surface area contributed by atoms with Gasteiger partial charge in [0.25, 0.3) is 0 Å². The minimum Gasteiger partial charge on any atom is -0.481 e. The largest absolute Gasteiger partial charge is 0.481 e. The third-order valence-electron chi connectivity index (χ3n) is 2.45. The molecular weight excluding hydrogens is 218 g/mol. The molecule has 0 aliphatic carbocycles. The van der Waals surface area contributed by atoms with Crippen LogP contribution in [0.2, 0.25) is 0 Å². The maximum Gasteiger partial charge on any atom is 0.234 e. The van der Waals surface area contributed by atoms with Crippen LogP contribution in [-0.4, -0.2) is 24.8 Å². The third-order valence-corrected chi connectivity index (χ3v) is 2.45. The van der Waals surface area contributed by atoms with Gasteiger partial charge in [0.1, 0.15) is 12.4 Å². The molecule has 4 heteroatoms. The quantitative estimate of drug-likeness (QED) is 0.574. The number of benzene rings is 1. The van der Waals surface area contributed by atoms with Gasteiger partial charge in [-0.2, -0.15) is 0 Å². The van der Waals surface area contributed by atoms with Crippen molar-refractivity contribution in [3.8, 4) is 18.1 Å². The molecule has 0 radical (unpaired) electrons. The summed E-state index contributed by atoms with van der Waals surface area (Å²) in [7, 11) is 0. The lowest BCUT2D eigenvalue weighted by Gasteiger charge is -2.14. The van der Waals surface area contributed by atoms with E-state index in [1.165, 1.54) is 4.90 Å². The first-order valence-corrected chi connectivity index (χ1v) is 5.19. The Morgan fingerprint density at radius 1 is 1.29 bits per heavy atom. The van der Waals surface area contributed by atoms with E-state index in [9.17, 15) is 9.59 Å². The number of ketones is 1. The van der Waals surface area contributed by atoms with E-state index in [0.29, 0.717) is 11.4 Å². The number of hydrogen-bond donors (Lipinski definition) is 0. The molecule has 0 saturated carbocycles. The predicted molar refractivity (Wildman–Crippen MR) is 62.7 cm³/mol. The predicted octanol–water partition coefficient (Wildman–Crippen LogP) is 1.00. The van der Waals surface area contributed by atoms with E-state index < -0.39 is 0 Å². The van der Waals surface area contributed by atoms with Crippen molar-refractivity contribution >= 4 is 17.4 Å². The molecule has 17 heavy (non-hydrogen) atoms. The first-order valence-electron chi connectivity index (χ1n) is 5.19. The molecule has 86 valence electrons. The maximum atomic E-state index is 11.5. The van der Waals surface area contributed by atoms with E-state index in [1.54, 1.807) is 24.3 Å². The van der Waals surface area contributed by atoms with Gasteiger partial charge in [-0.25, -0.2) is 0 Å². The Morgan fingerprint density at radius 3 is 2.53 bits per heavy atom. The van der Waals surface area contributed by atoms with Crippen molar-refractivity contribution in [1.29, 1.82) is 0 Å². The summed E-state index contributed by atoms with van der Waals surface area (Å²) < 4.78 is 5.21. The highest BCUT2D eigenvalue weighted by Gasteiger charge is 2.28. The molecule has 0 bridgehead atoms. The molecule has 1 heterocycles. The van der Waals surface area contributed by atoms with Crippen molar-refractivity contribution in [1.82, 2.24) is 0 Å². The first-order chi connectivity index (χ1) is 8.20. The van der Waals surface area contributed by atoms with E-state index in [0.717, 1.165) is 0 Å². The summed E-state index contributed by atoms with van der Waals surface area (Å²) in [5.74, 6) is 2.80. The Balaban J connectivity index is 2.10. The number of Topliss-reactive ketones (excluding diaryl/α,β-unsaturated/α-hetero) is 1. The standard InChI is InChI=1S/C13H11NO3/c1-2-7-17-12-5-3-10(4-6-12)14-9-11(15)8-13(14)16/h1,3-6H,7-9H2. The average Bonchev–Trinajstić information content (AvgIpc) is 2.66. The Kier molecular flexibility index (Phi) is 3.10. The highest BCUT2D eigenvalue weighted by Crippen LogP contribution is 2.22. The van der Waals surface area contributed by atoms with Crippen LogP contribution in [0.15, 0.2) is 24.3 Å². The van der Waals surface area contributed by atoms with Gasteiger partial charge in [-0.1, -0.05) is 5.92 Å². The fourth-order valence-corrected chi connectivity index (χ4v) is 1.67. The molecule has 0 atom stereocenters. The molecule has 1 amide bonds. The summed E-state index contributed by atoms with van der Waals surface area (Å²) in [6, 6.07) is 6.93. The lowest BCUT2D eigenvalue weighted by molar-refractivity contribution is -0.121. The zero-order chi connectivity index (χ0) is 12.3. The first kappa shape index (κ1) is 11.2. The molecule has 1 saturated heterocycles. The zero-order valence-electron chi connectivity index (χ0n) is 9.18. The van der Waals surface area contributed by atoms with Crippen LogP contribution >= 0.6 is 0 Å². The van der Waals surface area contributed by atoms with Gasteiger partial charge < -0.3 is 9.64 Å². The summed E-state index contributed by atoms with van der Waals surface area (Å²) >= 11 is 0. The van der Waals surface area contributed by atoms with Crippen molar-refractivity contribution in [2.45, 2.75) is 6.42 Å². The number of nitrogens with zero attached hydrogens (tertiary/aromatic N) is 1. The summed E-state index contributed by atoms with van der Waals surface area (Å²) in [6.07, 6.45) is 5.07. The van der Waals surface area contributed by atoms with Crippen molar-refractivity contribution in [3.05, 3.63) is 24.3 Å². The number of hydrogen-bond acceptors (Lipinski definition) is 3. The number of ether oxygens (including phenoxy) is 1. The molecule has 0 aromatic heterocycles. The molecule has 0 spiro atoms. The molecule has 4 nitrogen and oxygen atoms in total. The second kappa shape index (κ2) is 4.71. The van der Waals surface area contributed by atoms with Gasteiger partial charge in [0, 0.05) is 5.69 Å². The van der Waals surface area contributed by atoms with Crippen LogP contribution in [0.3, 0.4) is 0 Å². The summed E-state index contributed by atoms with van der Waals surface area (Å²) in [6.45, 7) is 0.365. The van der Waals surface area contributed by atoms with Crippen LogP contribution in [0.4, 0.5) is 5.69 Å². The maximum absolute atomic E-state index is 11.5. The highest BCUT2D eigenvalue weighted by molar-refractivity contribution is 6.15. The Morgan fingerprint density at radius 2 is 2.00 bits per heavy atom. The van der Waals surface area contributed by atoms with Crippen molar-refractivity contribution in [2.24, 2.45) is 0 Å². The molecule has 1 aromatic carbocycles. The Bertz CT molecular complexity index is 484. The minimum absolute atomic E-state index is 0.00462. The summed E-state index contributed by atoms with van der Waals surface area (Å²) in [4.78, 5) is 24.1. The monoisotopic (exact) mass is 229 g/mol. The summed E-state index contributed by atoms with van der Waals surface area (Å²) in [5, 5.41) is 0. The normalized spacial score (nSPS) is 14.9. The number of carbonyl (C=O) groups is 2. The Hall–Kier alpha value is -2.28. The van der Waals surface area contributed by atoms with Crippen LogP contribution in [0, 0.1) is 12.3 Å². The second-order valence-corrected chi connectivity index (χ2v) is 3.68. The van der Waals surface area contributed by atoms with Gasteiger partial charge in [-0.15, -0.1) is 6.42 Å². The van der Waals surface area contributed by atoms with Gasteiger partial charge in [0.2, 0.25) is 5.91 Å². The number of anilines is 1. The molecule has 1 aliphatic heterocycles. The number of rotatable bonds is 3. The fourth-order valence-electron chi connectivity index (χ4n) is 1.67. The van der Waals surface area contributed by atoms with Gasteiger partial charge in [-0.3, -0.25) is 9.59 Å². The lowest BCUT2D eigenvalue weighted by Crippen LogP contribution is -2.24. The smallest absolute Gasteiger partial charge is 0.234 e. The van der Waals surface area contributed by atoms with Gasteiger partial charge in [0.15, 0.2) is 5.78 Å². The van der Waals surface area contributed by atoms with Crippen molar-refractivity contribution < 1.29 is 14.3 Å². The van der Waals surface area contributed by atoms with Crippen LogP contribution in [0.25, 0.3) is 0 Å². The lowest BCUT2D eigenvalue weighted by atomic mass is 10.3. The summed E-state index contributed by atoms with van der Waals surface area (Å²) in [5.41, 5.74) is 0.703. The van der Waals surface area contributed by atoms with E-state index >= 15 is 0 Å². The zero-order valence-corrected chi connectivity index (χ0v) is 9.18. The van der Waals surface area contributed by atoms with Gasteiger partial charge in [0.05, 0.1) is 13.0 Å². The van der Waals surface area contributed by atoms with Crippen LogP contribution in [0.1, 0.15) is 6.42 Å². The van der Waals surface area contributed by atoms with Gasteiger partial charge >= 0.3 is 0 Å². The topological polar surface area (TPSA) is 46.6 Å². The SMILES string of the molecule is C#CCOc1ccc(N2CC(=O)CC2=O)cc1. The van der Waals surface area contributed by atoms with E-state index in [1.807, 2.05) is 0 Å². The average molecular weight is 229 g/mol. The highest BCUT2D eigenvalue weighted by atomic mass is 16.5. The molecule has 2 rings (SSSR count). The minimum atomic E-state index is -0.160. The molecule has 0 N–H and O–H groups in total. The van der Waals surface area contributed by atoms with E-state index in [2.05, 4.69) is 5.92 Å². The molecular formula is C13H11NO3. The van der Waals surface area contributed by atoms with E-state index in [4.69, 9.17) is 11.2 Å². The molecule has 1 fully saturated rings. The number of amides is 1. The molecule has 1 aromatic rings. The van der Waals surface area contributed by atoms with Crippen molar-refractivity contribution in [2.75, 3.05) is 18.1 Å². The van der Waals surface area contributed by atoms with Gasteiger partial charge in [-0.05, 0) is 24.3 Å². The number of terminal acetylenes is 1. The molecule has 0 unspecified atom stereocenters. The van der Waals surface area contributed by atoms with Crippen LogP contribution in [0.5, 0.6) is 5.75 Å². The van der Waals surface area contributed by atoms with E-state index in [-0.39, 0.29) is 31.3 Å². The number of carbonyl (C=O) groups excluding carboxylic acids is 2. The third kappa shape index (κ3) is 2.45. The van der Waals surface area contributed by atoms with Crippen LogP contribution in [-0.2, 0) is 9.59 Å². The van der Waals surface area contributed by atoms with Crippen LogP contribution < -0.4 is 9.64 Å².